The Kier molecular flexibility index (Phi) is 6.02. The molecule has 110 valence electrons. The molecule has 0 aliphatic rings. The van der Waals surface area contributed by atoms with E-state index in [0.717, 1.165) is 25.8 Å². The van der Waals surface area contributed by atoms with Crippen molar-refractivity contribution in [1.82, 2.24) is 5.32 Å². The molecule has 1 heterocycles. The Labute approximate surface area is 126 Å². The molecule has 0 amide bonds. The van der Waals surface area contributed by atoms with Crippen LogP contribution in [0.3, 0.4) is 0 Å². The van der Waals surface area contributed by atoms with E-state index in [1.165, 1.54) is 15.6 Å². The van der Waals surface area contributed by atoms with Crippen molar-refractivity contribution in [2.45, 2.75) is 45.3 Å². The molecule has 0 fully saturated rings. The van der Waals surface area contributed by atoms with Crippen molar-refractivity contribution in [2.75, 3.05) is 13.7 Å². The van der Waals surface area contributed by atoms with Crippen LogP contribution in [0, 0.1) is 0 Å². The molecule has 0 radical (unpaired) electrons. The highest BCUT2D eigenvalue weighted by Crippen LogP contribution is 2.27. The highest BCUT2D eigenvalue weighted by molar-refractivity contribution is 7.17. The van der Waals surface area contributed by atoms with E-state index in [2.05, 4.69) is 48.8 Å². The molecule has 0 bridgehead atoms. The van der Waals surface area contributed by atoms with Gasteiger partial charge in [-0.05, 0) is 41.8 Å². The number of hydrogen-bond acceptors (Lipinski definition) is 3. The maximum atomic E-state index is 5.71. The van der Waals surface area contributed by atoms with Crippen molar-refractivity contribution < 1.29 is 4.74 Å². The van der Waals surface area contributed by atoms with E-state index in [0.29, 0.717) is 12.1 Å². The standard InChI is InChI=1S/C17H25NOS/c1-4-8-16(19-3)15(18-5-2)11-13-12-20-17-10-7-6-9-14(13)17/h6-7,9-10,12,15-16,18H,4-5,8,11H2,1-3H3. The predicted molar refractivity (Wildman–Crippen MR) is 88.7 cm³/mol. The van der Waals surface area contributed by atoms with E-state index in [1.807, 2.05) is 18.4 Å². The summed E-state index contributed by atoms with van der Waals surface area (Å²) in [5, 5.41) is 7.30. The fourth-order valence-corrected chi connectivity index (χ4v) is 3.77. The van der Waals surface area contributed by atoms with E-state index in [-0.39, 0.29) is 0 Å². The summed E-state index contributed by atoms with van der Waals surface area (Å²) in [6.45, 7) is 5.36. The molecule has 0 spiro atoms. The van der Waals surface area contributed by atoms with Crippen LogP contribution in [-0.4, -0.2) is 25.8 Å². The highest BCUT2D eigenvalue weighted by Gasteiger charge is 2.21. The number of benzene rings is 1. The minimum absolute atomic E-state index is 0.290. The Bertz CT molecular complexity index is 522. The summed E-state index contributed by atoms with van der Waals surface area (Å²) in [7, 11) is 1.83. The van der Waals surface area contributed by atoms with Gasteiger partial charge in [-0.2, -0.15) is 0 Å². The third-order valence-electron chi connectivity index (χ3n) is 3.79. The Morgan fingerprint density at radius 1 is 1.25 bits per heavy atom. The Balaban J connectivity index is 2.18. The molecule has 0 saturated carbocycles. The second-order valence-electron chi connectivity index (χ2n) is 5.19. The molecule has 0 aliphatic carbocycles. The van der Waals surface area contributed by atoms with Gasteiger partial charge in [0.25, 0.3) is 0 Å². The summed E-state index contributed by atoms with van der Waals surface area (Å²) < 4.78 is 7.08. The smallest absolute Gasteiger partial charge is 0.0727 e. The Morgan fingerprint density at radius 2 is 2.05 bits per heavy atom. The van der Waals surface area contributed by atoms with Crippen molar-refractivity contribution >= 4 is 21.4 Å². The lowest BCUT2D eigenvalue weighted by molar-refractivity contribution is 0.0615. The van der Waals surface area contributed by atoms with Crippen LogP contribution in [0.1, 0.15) is 32.3 Å². The second-order valence-corrected chi connectivity index (χ2v) is 6.10. The SMILES string of the molecule is CCCC(OC)C(Cc1csc2ccccc12)NCC. The number of methoxy groups -OCH3 is 1. The van der Waals surface area contributed by atoms with E-state index in [1.54, 1.807) is 0 Å². The molecule has 3 heteroatoms. The van der Waals surface area contributed by atoms with Gasteiger partial charge >= 0.3 is 0 Å². The fraction of sp³-hybridized carbons (Fsp3) is 0.529. The molecule has 1 N–H and O–H groups in total. The maximum Gasteiger partial charge on any atom is 0.0727 e. The number of hydrogen-bond donors (Lipinski definition) is 1. The van der Waals surface area contributed by atoms with Gasteiger partial charge in [0, 0.05) is 17.9 Å². The van der Waals surface area contributed by atoms with E-state index in [4.69, 9.17) is 4.74 Å². The average Bonchev–Trinajstić information content (AvgIpc) is 2.88. The van der Waals surface area contributed by atoms with Gasteiger partial charge in [0.2, 0.25) is 0 Å². The largest absolute Gasteiger partial charge is 0.380 e. The van der Waals surface area contributed by atoms with Crippen LogP contribution in [0.5, 0.6) is 0 Å². The van der Waals surface area contributed by atoms with Crippen molar-refractivity contribution in [1.29, 1.82) is 0 Å². The van der Waals surface area contributed by atoms with Crippen LogP contribution >= 0.6 is 11.3 Å². The van der Waals surface area contributed by atoms with Gasteiger partial charge in [0.15, 0.2) is 0 Å². The summed E-state index contributed by atoms with van der Waals surface area (Å²) in [6.07, 6.45) is 3.59. The molecule has 1 aromatic heterocycles. The number of nitrogens with one attached hydrogen (secondary N) is 1. The third-order valence-corrected chi connectivity index (χ3v) is 4.80. The predicted octanol–water partition coefficient (Wildman–Crippen LogP) is 4.24. The Hall–Kier alpha value is -0.900. The zero-order valence-corrected chi connectivity index (χ0v) is 13.5. The van der Waals surface area contributed by atoms with Crippen molar-refractivity contribution in [3.63, 3.8) is 0 Å². The van der Waals surface area contributed by atoms with Crippen LogP contribution in [0.4, 0.5) is 0 Å². The number of thiophene rings is 1. The zero-order valence-electron chi connectivity index (χ0n) is 12.7. The first-order valence-corrected chi connectivity index (χ1v) is 8.39. The molecule has 0 saturated heterocycles. The van der Waals surface area contributed by atoms with Gasteiger partial charge in [0.05, 0.1) is 6.10 Å². The van der Waals surface area contributed by atoms with Gasteiger partial charge in [-0.3, -0.25) is 0 Å². The summed E-state index contributed by atoms with van der Waals surface area (Å²) in [5.74, 6) is 0. The third kappa shape index (κ3) is 3.60. The van der Waals surface area contributed by atoms with Gasteiger partial charge in [-0.15, -0.1) is 11.3 Å². The van der Waals surface area contributed by atoms with Crippen LogP contribution < -0.4 is 5.32 Å². The first-order valence-electron chi connectivity index (χ1n) is 7.51. The molecule has 2 atom stereocenters. The summed E-state index contributed by atoms with van der Waals surface area (Å²) >= 11 is 1.84. The molecule has 2 rings (SSSR count). The zero-order chi connectivity index (χ0) is 14.4. The molecule has 1 aromatic carbocycles. The normalized spacial score (nSPS) is 14.6. The van der Waals surface area contributed by atoms with Crippen LogP contribution in [0.2, 0.25) is 0 Å². The van der Waals surface area contributed by atoms with E-state index >= 15 is 0 Å². The van der Waals surface area contributed by atoms with Crippen LogP contribution in [-0.2, 0) is 11.2 Å². The molecular formula is C17H25NOS. The van der Waals surface area contributed by atoms with Gasteiger partial charge in [0.1, 0.15) is 0 Å². The van der Waals surface area contributed by atoms with Gasteiger partial charge < -0.3 is 10.1 Å². The van der Waals surface area contributed by atoms with Crippen molar-refractivity contribution in [2.24, 2.45) is 0 Å². The van der Waals surface area contributed by atoms with Crippen LogP contribution in [0.25, 0.3) is 10.1 Å². The molecule has 2 unspecified atom stereocenters. The van der Waals surface area contributed by atoms with Crippen LogP contribution in [0.15, 0.2) is 29.6 Å². The lowest BCUT2D eigenvalue weighted by atomic mass is 9.98. The number of likely N-dealkylation sites (N-methyl/N-ethyl adjacent to an activating group) is 1. The monoisotopic (exact) mass is 291 g/mol. The lowest BCUT2D eigenvalue weighted by Gasteiger charge is -2.26. The maximum absolute atomic E-state index is 5.71. The summed E-state index contributed by atoms with van der Waals surface area (Å²) in [6, 6.07) is 9.06. The number of fused-ring (bicyclic) bond motifs is 1. The molecule has 0 aliphatic heterocycles. The van der Waals surface area contributed by atoms with E-state index < -0.39 is 0 Å². The molecule has 2 aromatic rings. The first-order chi connectivity index (χ1) is 9.80. The highest BCUT2D eigenvalue weighted by atomic mass is 32.1. The summed E-state index contributed by atoms with van der Waals surface area (Å²) in [4.78, 5) is 0. The number of ether oxygens (including phenoxy) is 1. The summed E-state index contributed by atoms with van der Waals surface area (Å²) in [5.41, 5.74) is 1.44. The Morgan fingerprint density at radius 3 is 2.75 bits per heavy atom. The first kappa shape index (κ1) is 15.5. The van der Waals surface area contributed by atoms with Gasteiger partial charge in [-0.25, -0.2) is 0 Å². The molecule has 20 heavy (non-hydrogen) atoms. The molecular weight excluding hydrogens is 266 g/mol. The second kappa shape index (κ2) is 7.77. The van der Waals surface area contributed by atoms with Crippen molar-refractivity contribution in [3.8, 4) is 0 Å². The number of rotatable bonds is 8. The quantitative estimate of drug-likeness (QED) is 0.785. The van der Waals surface area contributed by atoms with E-state index in [9.17, 15) is 0 Å². The van der Waals surface area contributed by atoms with Crippen molar-refractivity contribution in [3.05, 3.63) is 35.2 Å². The molecule has 2 nitrogen and oxygen atoms in total. The minimum Gasteiger partial charge on any atom is -0.380 e. The fourth-order valence-electron chi connectivity index (χ4n) is 2.79. The topological polar surface area (TPSA) is 21.3 Å². The average molecular weight is 291 g/mol. The lowest BCUT2D eigenvalue weighted by Crippen LogP contribution is -2.42. The minimum atomic E-state index is 0.290. The van der Waals surface area contributed by atoms with Gasteiger partial charge in [-0.1, -0.05) is 38.5 Å².